The van der Waals surface area contributed by atoms with Crippen LogP contribution in [0.1, 0.15) is 6.42 Å². The van der Waals surface area contributed by atoms with Gasteiger partial charge in [0.25, 0.3) is 0 Å². The second kappa shape index (κ2) is 3.19. The lowest BCUT2D eigenvalue weighted by atomic mass is 10.0. The summed E-state index contributed by atoms with van der Waals surface area (Å²) in [6.45, 7) is 0.779. The summed E-state index contributed by atoms with van der Waals surface area (Å²) in [5.74, 6) is 0.467. The minimum absolute atomic E-state index is 0.0298. The van der Waals surface area contributed by atoms with Crippen LogP contribution in [0, 0.1) is 5.92 Å². The maximum atomic E-state index is 10.8. The Morgan fingerprint density at radius 2 is 2.55 bits per heavy atom. The molecule has 0 aromatic rings. The Hall–Kier alpha value is -0.610. The molecule has 1 fully saturated rings. The van der Waals surface area contributed by atoms with Gasteiger partial charge >= 0.3 is 0 Å². The van der Waals surface area contributed by atoms with Crippen molar-refractivity contribution in [1.82, 2.24) is 4.90 Å². The van der Waals surface area contributed by atoms with E-state index >= 15 is 0 Å². The van der Waals surface area contributed by atoms with Crippen LogP contribution in [-0.2, 0) is 4.79 Å². The second-order valence-corrected chi connectivity index (χ2v) is 2.85. The van der Waals surface area contributed by atoms with E-state index in [0.717, 1.165) is 18.9 Å². The molecule has 1 unspecified atom stereocenters. The van der Waals surface area contributed by atoms with Crippen molar-refractivity contribution >= 4 is 5.91 Å². The highest BCUT2D eigenvalue weighted by Gasteiger charge is 2.35. The van der Waals surface area contributed by atoms with Crippen molar-refractivity contribution in [2.24, 2.45) is 5.73 Å². The molecule has 0 aliphatic carbocycles. The van der Waals surface area contributed by atoms with E-state index in [9.17, 15) is 4.79 Å². The van der Waals surface area contributed by atoms with Crippen LogP contribution in [0.5, 0.6) is 0 Å². The number of hydrogen-bond acceptors (Lipinski definition) is 3. The number of nitrogens with zero attached hydrogens (tertiary/aromatic N) is 1. The number of hydrogen-bond donors (Lipinski definition) is 2. The van der Waals surface area contributed by atoms with Crippen LogP contribution in [0.2, 0.25) is 0 Å². The molecular weight excluding hydrogens is 144 g/mol. The van der Waals surface area contributed by atoms with Crippen molar-refractivity contribution in [3.63, 3.8) is 0 Å². The smallest absolute Gasteiger partial charge is 0.235 e. The van der Waals surface area contributed by atoms with Gasteiger partial charge in [0, 0.05) is 5.92 Å². The molecule has 1 rings (SSSR count). The largest absolute Gasteiger partial charge is 0.396 e. The van der Waals surface area contributed by atoms with E-state index in [4.69, 9.17) is 10.8 Å². The van der Waals surface area contributed by atoms with Gasteiger partial charge in [-0.1, -0.05) is 0 Å². The predicted octanol–water partition coefficient (Wildman–Crippen LogP) is -1.26. The fourth-order valence-electron chi connectivity index (χ4n) is 1.48. The van der Waals surface area contributed by atoms with E-state index in [1.807, 2.05) is 11.9 Å². The van der Waals surface area contributed by atoms with Crippen LogP contribution in [0.25, 0.3) is 0 Å². The van der Waals surface area contributed by atoms with Crippen molar-refractivity contribution < 1.29 is 9.90 Å². The number of carbonyl (C=O) groups is 1. The molecule has 63 valence electrons. The van der Waals surface area contributed by atoms with Gasteiger partial charge in [-0.25, -0.2) is 0 Å². The number of aliphatic hydroxyl groups is 1. The highest BCUT2D eigenvalue weighted by atomic mass is 16.3. The highest BCUT2D eigenvalue weighted by Crippen LogP contribution is 2.23. The number of primary amides is 1. The predicted molar refractivity (Wildman–Crippen MR) is 40.6 cm³/mol. The first kappa shape index (κ1) is 8.49. The van der Waals surface area contributed by atoms with Gasteiger partial charge in [0.05, 0.1) is 12.6 Å². The molecule has 4 heteroatoms. The molecule has 1 saturated heterocycles. The standard InChI is InChI=1S/C7H13N2O2/c1-9-3-2-5(4-10)6(9)7(8)11/h6,10H,2-4H2,1H3,(H2,8,11). The molecule has 3 N–H and O–H groups in total. The first-order valence-corrected chi connectivity index (χ1v) is 3.62. The summed E-state index contributed by atoms with van der Waals surface area (Å²) in [5, 5.41) is 8.83. The lowest BCUT2D eigenvalue weighted by Crippen LogP contribution is -2.41. The minimum atomic E-state index is -0.367. The minimum Gasteiger partial charge on any atom is -0.396 e. The molecule has 0 aromatic carbocycles. The number of rotatable bonds is 2. The van der Waals surface area contributed by atoms with Crippen LogP contribution < -0.4 is 5.73 Å². The molecule has 1 aliphatic rings. The summed E-state index contributed by atoms with van der Waals surface area (Å²) >= 11 is 0. The summed E-state index contributed by atoms with van der Waals surface area (Å²) in [6.07, 6.45) is 0.778. The number of carbonyl (C=O) groups excluding carboxylic acids is 1. The van der Waals surface area contributed by atoms with Gasteiger partial charge < -0.3 is 10.8 Å². The lowest BCUT2D eigenvalue weighted by molar-refractivity contribution is -0.121. The summed E-state index contributed by atoms with van der Waals surface area (Å²) in [6, 6.07) is -0.347. The van der Waals surface area contributed by atoms with Crippen LogP contribution in [0.4, 0.5) is 0 Å². The Morgan fingerprint density at radius 1 is 1.91 bits per heavy atom. The van der Waals surface area contributed by atoms with Crippen molar-refractivity contribution in [3.05, 3.63) is 5.92 Å². The Kier molecular flexibility index (Phi) is 2.46. The van der Waals surface area contributed by atoms with Crippen LogP contribution in [0.15, 0.2) is 0 Å². The van der Waals surface area contributed by atoms with Gasteiger partial charge in [0.1, 0.15) is 0 Å². The second-order valence-electron chi connectivity index (χ2n) is 2.85. The molecule has 1 aliphatic heterocycles. The van der Waals surface area contributed by atoms with E-state index in [1.54, 1.807) is 0 Å². The Labute approximate surface area is 66.0 Å². The summed E-state index contributed by atoms with van der Waals surface area (Å²) < 4.78 is 0. The molecule has 0 bridgehead atoms. The zero-order chi connectivity index (χ0) is 8.43. The molecule has 0 saturated carbocycles. The van der Waals surface area contributed by atoms with Crippen molar-refractivity contribution in [3.8, 4) is 0 Å². The normalized spacial score (nSPS) is 27.6. The molecule has 4 nitrogen and oxygen atoms in total. The van der Waals surface area contributed by atoms with Crippen LogP contribution in [-0.4, -0.2) is 42.2 Å². The summed E-state index contributed by atoms with van der Waals surface area (Å²) in [7, 11) is 1.83. The number of aliphatic hydroxyl groups excluding tert-OH is 1. The van der Waals surface area contributed by atoms with E-state index in [2.05, 4.69) is 0 Å². The summed E-state index contributed by atoms with van der Waals surface area (Å²) in [4.78, 5) is 12.7. The average Bonchev–Trinajstić information content (AvgIpc) is 2.30. The van der Waals surface area contributed by atoms with E-state index in [0.29, 0.717) is 0 Å². The van der Waals surface area contributed by atoms with E-state index in [1.165, 1.54) is 0 Å². The highest BCUT2D eigenvalue weighted by molar-refractivity contribution is 5.83. The van der Waals surface area contributed by atoms with E-state index < -0.39 is 0 Å². The average molecular weight is 157 g/mol. The Morgan fingerprint density at radius 3 is 2.91 bits per heavy atom. The maximum absolute atomic E-state index is 10.8. The molecule has 1 amide bonds. The van der Waals surface area contributed by atoms with Gasteiger partial charge in [0.15, 0.2) is 0 Å². The Bertz CT molecular complexity index is 161. The Balaban J connectivity index is 2.63. The number of likely N-dealkylation sites (tertiary alicyclic amines) is 1. The zero-order valence-electron chi connectivity index (χ0n) is 6.58. The third-order valence-electron chi connectivity index (χ3n) is 2.09. The van der Waals surface area contributed by atoms with E-state index in [-0.39, 0.29) is 18.6 Å². The molecule has 1 heterocycles. The van der Waals surface area contributed by atoms with Gasteiger partial charge in [-0.2, -0.15) is 0 Å². The monoisotopic (exact) mass is 157 g/mol. The van der Waals surface area contributed by atoms with Crippen molar-refractivity contribution in [2.45, 2.75) is 12.5 Å². The van der Waals surface area contributed by atoms with Gasteiger partial charge in [-0.05, 0) is 20.0 Å². The zero-order valence-corrected chi connectivity index (χ0v) is 6.58. The first-order valence-electron chi connectivity index (χ1n) is 3.62. The summed E-state index contributed by atoms with van der Waals surface area (Å²) in [5.41, 5.74) is 5.14. The number of amides is 1. The maximum Gasteiger partial charge on any atom is 0.235 e. The van der Waals surface area contributed by atoms with Gasteiger partial charge in [-0.3, -0.25) is 9.69 Å². The van der Waals surface area contributed by atoms with Crippen molar-refractivity contribution in [1.29, 1.82) is 0 Å². The number of likely N-dealkylation sites (N-methyl/N-ethyl adjacent to an activating group) is 1. The first-order chi connectivity index (χ1) is 5.16. The van der Waals surface area contributed by atoms with Crippen LogP contribution in [0.3, 0.4) is 0 Å². The molecule has 1 atom stereocenters. The topological polar surface area (TPSA) is 66.6 Å². The molecule has 0 spiro atoms. The molecule has 0 aromatic heterocycles. The third-order valence-corrected chi connectivity index (χ3v) is 2.09. The number of nitrogens with two attached hydrogens (primary N) is 1. The van der Waals surface area contributed by atoms with Crippen molar-refractivity contribution in [2.75, 3.05) is 20.2 Å². The molecular formula is C7H13N2O2. The molecule has 1 radical (unpaired) electrons. The quantitative estimate of drug-likeness (QED) is 0.526. The SMILES string of the molecule is CN1CC[C](CO)C1C(N)=O. The lowest BCUT2D eigenvalue weighted by Gasteiger charge is -2.19. The fourth-order valence-corrected chi connectivity index (χ4v) is 1.48. The fraction of sp³-hybridized carbons (Fsp3) is 0.714. The van der Waals surface area contributed by atoms with Gasteiger partial charge in [-0.15, -0.1) is 0 Å². The third kappa shape index (κ3) is 1.52. The molecule has 11 heavy (non-hydrogen) atoms. The van der Waals surface area contributed by atoms with Crippen LogP contribution >= 0.6 is 0 Å². The van der Waals surface area contributed by atoms with Gasteiger partial charge in [0.2, 0.25) is 5.91 Å².